The highest BCUT2D eigenvalue weighted by Gasteiger charge is 2.31. The van der Waals surface area contributed by atoms with Gasteiger partial charge in [-0.3, -0.25) is 4.79 Å². The van der Waals surface area contributed by atoms with Gasteiger partial charge in [-0.25, -0.2) is 0 Å². The zero-order valence-electron chi connectivity index (χ0n) is 17.1. The summed E-state index contributed by atoms with van der Waals surface area (Å²) in [6.07, 6.45) is -8.95. The predicted molar refractivity (Wildman–Crippen MR) is 121 cm³/mol. The van der Waals surface area contributed by atoms with E-state index in [1.165, 1.54) is 35.6 Å². The number of carbonyl (C=O) groups excluding carboxylic acids is 1. The lowest BCUT2D eigenvalue weighted by molar-refractivity contribution is -0.138. The molecule has 0 unspecified atom stereocenters. The van der Waals surface area contributed by atoms with Gasteiger partial charge in [-0.1, -0.05) is 24.3 Å². The molecule has 34 heavy (non-hydrogen) atoms. The molecule has 4 aromatic rings. The van der Waals surface area contributed by atoms with Crippen LogP contribution in [0.5, 0.6) is 0 Å². The number of hydrogen-bond acceptors (Lipinski definition) is 2. The molecule has 178 valence electrons. The number of fused-ring (bicyclic) bond motifs is 1. The van der Waals surface area contributed by atoms with E-state index in [2.05, 4.69) is 21.2 Å². The molecule has 0 bridgehead atoms. The third kappa shape index (κ3) is 5.15. The number of nitrogens with one attached hydrogen (secondary N) is 1. The molecule has 0 radical (unpaired) electrons. The van der Waals surface area contributed by atoms with Crippen LogP contribution in [0.3, 0.4) is 0 Å². The number of aromatic nitrogens is 1. The SMILES string of the molecule is O=C(NCc1cccc(C(F)(F)F)c1)c1cc2scc(Br)c2n1Cc1ccc(C(F)(F)F)cc1. The van der Waals surface area contributed by atoms with Crippen LogP contribution in [0, 0.1) is 0 Å². The first-order chi connectivity index (χ1) is 15.9. The van der Waals surface area contributed by atoms with Crippen molar-refractivity contribution in [1.29, 1.82) is 0 Å². The van der Waals surface area contributed by atoms with Crippen LogP contribution >= 0.6 is 27.3 Å². The summed E-state index contributed by atoms with van der Waals surface area (Å²) in [7, 11) is 0. The Morgan fingerprint density at radius 2 is 1.59 bits per heavy atom. The van der Waals surface area contributed by atoms with Gasteiger partial charge in [-0.2, -0.15) is 26.3 Å². The molecule has 2 aromatic carbocycles. The first kappa shape index (κ1) is 24.3. The van der Waals surface area contributed by atoms with Gasteiger partial charge in [0.1, 0.15) is 5.69 Å². The average Bonchev–Trinajstić information content (AvgIpc) is 3.31. The Hall–Kier alpha value is -2.79. The number of nitrogens with zero attached hydrogens (tertiary/aromatic N) is 1. The van der Waals surface area contributed by atoms with E-state index in [0.717, 1.165) is 33.4 Å². The van der Waals surface area contributed by atoms with Gasteiger partial charge in [-0.05, 0) is 57.4 Å². The minimum Gasteiger partial charge on any atom is -0.347 e. The highest BCUT2D eigenvalue weighted by atomic mass is 79.9. The smallest absolute Gasteiger partial charge is 0.347 e. The molecular formula is C23H15BrF6N2OS. The molecule has 2 aromatic heterocycles. The van der Waals surface area contributed by atoms with E-state index in [9.17, 15) is 31.1 Å². The Morgan fingerprint density at radius 3 is 2.24 bits per heavy atom. The fourth-order valence-corrected chi connectivity index (χ4v) is 5.19. The number of thiophene rings is 1. The number of amides is 1. The second kappa shape index (κ2) is 9.10. The van der Waals surface area contributed by atoms with E-state index in [1.807, 2.05) is 5.38 Å². The summed E-state index contributed by atoms with van der Waals surface area (Å²) >= 11 is 4.82. The first-order valence-electron chi connectivity index (χ1n) is 9.80. The summed E-state index contributed by atoms with van der Waals surface area (Å²) in [5.74, 6) is -0.514. The molecule has 0 atom stereocenters. The van der Waals surface area contributed by atoms with Gasteiger partial charge < -0.3 is 9.88 Å². The lowest BCUT2D eigenvalue weighted by Gasteiger charge is -2.13. The van der Waals surface area contributed by atoms with Crippen LogP contribution in [0.1, 0.15) is 32.7 Å². The third-order valence-corrected chi connectivity index (χ3v) is 6.97. The van der Waals surface area contributed by atoms with Crippen LogP contribution in [0.4, 0.5) is 26.3 Å². The van der Waals surface area contributed by atoms with Crippen molar-refractivity contribution >= 4 is 43.4 Å². The number of halogens is 7. The van der Waals surface area contributed by atoms with E-state index in [4.69, 9.17) is 0 Å². The Labute approximate surface area is 202 Å². The van der Waals surface area contributed by atoms with E-state index < -0.39 is 29.4 Å². The minimum atomic E-state index is -4.49. The quantitative estimate of drug-likeness (QED) is 0.252. The van der Waals surface area contributed by atoms with Crippen molar-refractivity contribution in [3.05, 3.63) is 92.4 Å². The maximum Gasteiger partial charge on any atom is 0.416 e. The van der Waals surface area contributed by atoms with E-state index in [1.54, 1.807) is 10.6 Å². The first-order valence-corrected chi connectivity index (χ1v) is 11.5. The summed E-state index contributed by atoms with van der Waals surface area (Å²) in [4.78, 5) is 13.0. The molecule has 11 heteroatoms. The predicted octanol–water partition coefficient (Wildman–Crippen LogP) is 7.48. The summed E-state index contributed by atoms with van der Waals surface area (Å²) in [6, 6.07) is 11.0. The molecule has 1 amide bonds. The Morgan fingerprint density at radius 1 is 0.912 bits per heavy atom. The number of benzene rings is 2. The van der Waals surface area contributed by atoms with E-state index in [0.29, 0.717) is 11.1 Å². The van der Waals surface area contributed by atoms with Crippen molar-refractivity contribution in [2.75, 3.05) is 0 Å². The summed E-state index contributed by atoms with van der Waals surface area (Å²) in [5.41, 5.74) is 0.199. The highest BCUT2D eigenvalue weighted by molar-refractivity contribution is 9.10. The lowest BCUT2D eigenvalue weighted by Crippen LogP contribution is -2.26. The monoisotopic (exact) mass is 560 g/mol. The van der Waals surface area contributed by atoms with Crippen LogP contribution in [0.15, 0.2) is 64.5 Å². The number of rotatable bonds is 5. The van der Waals surface area contributed by atoms with Gasteiger partial charge in [0, 0.05) is 18.5 Å². The zero-order valence-corrected chi connectivity index (χ0v) is 19.5. The van der Waals surface area contributed by atoms with Crippen molar-refractivity contribution in [2.45, 2.75) is 25.4 Å². The molecular weight excluding hydrogens is 546 g/mol. The van der Waals surface area contributed by atoms with Crippen LogP contribution < -0.4 is 5.32 Å². The largest absolute Gasteiger partial charge is 0.416 e. The van der Waals surface area contributed by atoms with Crippen molar-refractivity contribution in [3.8, 4) is 0 Å². The van der Waals surface area contributed by atoms with Gasteiger partial charge in [0.25, 0.3) is 5.91 Å². The minimum absolute atomic E-state index is 0.122. The molecule has 0 aliphatic rings. The third-order valence-electron chi connectivity index (χ3n) is 5.14. The van der Waals surface area contributed by atoms with E-state index in [-0.39, 0.29) is 24.3 Å². The molecule has 0 aliphatic heterocycles. The summed E-state index contributed by atoms with van der Waals surface area (Å²) in [6.45, 7) is 0.00626. The van der Waals surface area contributed by atoms with Crippen molar-refractivity contribution in [3.63, 3.8) is 0 Å². The van der Waals surface area contributed by atoms with E-state index >= 15 is 0 Å². The van der Waals surface area contributed by atoms with Gasteiger partial charge in [0.2, 0.25) is 0 Å². The number of hydrogen-bond donors (Lipinski definition) is 1. The maximum atomic E-state index is 13.0. The second-order valence-electron chi connectivity index (χ2n) is 7.49. The molecule has 4 rings (SSSR count). The van der Waals surface area contributed by atoms with Crippen LogP contribution in [0.25, 0.3) is 10.2 Å². The van der Waals surface area contributed by atoms with Crippen LogP contribution in [-0.4, -0.2) is 10.5 Å². The van der Waals surface area contributed by atoms with Crippen LogP contribution in [-0.2, 0) is 25.4 Å². The normalized spacial score (nSPS) is 12.3. The van der Waals surface area contributed by atoms with Gasteiger partial charge >= 0.3 is 12.4 Å². The van der Waals surface area contributed by atoms with Crippen molar-refractivity contribution in [2.24, 2.45) is 0 Å². The standard InChI is InChI=1S/C23H15BrF6N2OS/c24-17-12-34-19-9-18(21(33)31-10-14-2-1-3-16(8-14)23(28,29)30)32(20(17)19)11-13-4-6-15(7-5-13)22(25,26)27/h1-9,12H,10-11H2,(H,31,33). The zero-order chi connectivity index (χ0) is 24.7. The molecule has 1 N–H and O–H groups in total. The molecule has 0 spiro atoms. The highest BCUT2D eigenvalue weighted by Crippen LogP contribution is 2.35. The fraction of sp³-hybridized carbons (Fsp3) is 0.174. The number of alkyl halides is 6. The van der Waals surface area contributed by atoms with Gasteiger partial charge in [-0.15, -0.1) is 11.3 Å². The Bertz CT molecular complexity index is 1340. The second-order valence-corrected chi connectivity index (χ2v) is 9.25. The molecule has 2 heterocycles. The summed E-state index contributed by atoms with van der Waals surface area (Å²) in [5, 5.41) is 4.46. The molecule has 0 fully saturated rings. The van der Waals surface area contributed by atoms with Gasteiger partial charge in [0.15, 0.2) is 0 Å². The molecule has 0 aliphatic carbocycles. The van der Waals surface area contributed by atoms with Crippen molar-refractivity contribution in [1.82, 2.24) is 9.88 Å². The topological polar surface area (TPSA) is 34.0 Å². The molecule has 3 nitrogen and oxygen atoms in total. The Balaban J connectivity index is 1.59. The van der Waals surface area contributed by atoms with Crippen molar-refractivity contribution < 1.29 is 31.1 Å². The molecule has 0 saturated carbocycles. The fourth-order valence-electron chi connectivity index (χ4n) is 3.50. The Kier molecular flexibility index (Phi) is 6.52. The average molecular weight is 561 g/mol. The van der Waals surface area contributed by atoms with Gasteiger partial charge in [0.05, 0.1) is 25.8 Å². The number of carbonyl (C=O) groups is 1. The lowest BCUT2D eigenvalue weighted by atomic mass is 10.1. The molecule has 0 saturated heterocycles. The maximum absolute atomic E-state index is 13.0. The summed E-state index contributed by atoms with van der Waals surface area (Å²) < 4.78 is 80.6. The van der Waals surface area contributed by atoms with Crippen LogP contribution in [0.2, 0.25) is 0 Å².